The van der Waals surface area contributed by atoms with Crippen molar-refractivity contribution >= 4 is 11.6 Å². The highest BCUT2D eigenvalue weighted by Gasteiger charge is 2.37. The second kappa shape index (κ2) is 7.60. The van der Waals surface area contributed by atoms with E-state index in [0.717, 1.165) is 12.2 Å². The van der Waals surface area contributed by atoms with Crippen LogP contribution in [0.5, 0.6) is 0 Å². The Labute approximate surface area is 143 Å². The lowest BCUT2D eigenvalue weighted by Crippen LogP contribution is -2.46. The lowest BCUT2D eigenvalue weighted by atomic mass is 10.0. The third kappa shape index (κ3) is 4.22. The minimum atomic E-state index is -0.205. The monoisotopic (exact) mass is 323 g/mol. The van der Waals surface area contributed by atoms with Crippen LogP contribution in [0.2, 0.25) is 0 Å². The van der Waals surface area contributed by atoms with E-state index in [2.05, 4.69) is 54.1 Å². The van der Waals surface area contributed by atoms with Gasteiger partial charge in [0, 0.05) is 24.3 Å². The van der Waals surface area contributed by atoms with Crippen LogP contribution in [0.4, 0.5) is 5.69 Å². The summed E-state index contributed by atoms with van der Waals surface area (Å²) in [6.07, 6.45) is 0. The van der Waals surface area contributed by atoms with Gasteiger partial charge in [-0.15, -0.1) is 0 Å². The van der Waals surface area contributed by atoms with Gasteiger partial charge in [0.1, 0.15) is 0 Å². The fourth-order valence-corrected chi connectivity index (χ4v) is 2.97. The number of hydrogen-bond donors (Lipinski definition) is 3. The first-order chi connectivity index (χ1) is 11.6. The highest BCUT2D eigenvalue weighted by Crippen LogP contribution is 2.28. The Morgan fingerprint density at radius 1 is 1.04 bits per heavy atom. The molecule has 4 heteroatoms. The topological polar surface area (TPSA) is 63.1 Å². The molecule has 24 heavy (non-hydrogen) atoms. The summed E-state index contributed by atoms with van der Waals surface area (Å²) in [7, 11) is 0. The van der Waals surface area contributed by atoms with Crippen LogP contribution in [0, 0.1) is 5.92 Å². The third-order valence-corrected chi connectivity index (χ3v) is 4.39. The van der Waals surface area contributed by atoms with E-state index >= 15 is 0 Å². The largest absolute Gasteiger partial charge is 0.325 e. The van der Waals surface area contributed by atoms with Gasteiger partial charge in [-0.3, -0.25) is 4.79 Å². The molecule has 0 spiro atoms. The molecule has 4 nitrogen and oxygen atoms in total. The van der Waals surface area contributed by atoms with Crippen LogP contribution in [-0.2, 0) is 4.79 Å². The van der Waals surface area contributed by atoms with Crippen molar-refractivity contribution in [1.29, 1.82) is 0 Å². The minimum absolute atomic E-state index is 0.0214. The predicted octanol–water partition coefficient (Wildman–Crippen LogP) is 2.95. The van der Waals surface area contributed by atoms with E-state index in [9.17, 15) is 4.79 Å². The summed E-state index contributed by atoms with van der Waals surface area (Å²) < 4.78 is 0. The van der Waals surface area contributed by atoms with E-state index < -0.39 is 0 Å². The second-order valence-corrected chi connectivity index (χ2v) is 6.65. The summed E-state index contributed by atoms with van der Waals surface area (Å²) in [6, 6.07) is 20.6. The summed E-state index contributed by atoms with van der Waals surface area (Å²) in [6.45, 7) is 4.92. The zero-order valence-electron chi connectivity index (χ0n) is 14.2. The van der Waals surface area contributed by atoms with Crippen LogP contribution in [0.3, 0.4) is 0 Å². The Bertz CT molecular complexity index is 657. The first kappa shape index (κ1) is 16.7. The summed E-state index contributed by atoms with van der Waals surface area (Å²) in [5.74, 6) is 0.246. The summed E-state index contributed by atoms with van der Waals surface area (Å²) in [5.41, 5.74) is 2.14. The number of amides is 1. The van der Waals surface area contributed by atoms with Gasteiger partial charge in [-0.25, -0.2) is 0 Å². The first-order valence-electron chi connectivity index (χ1n) is 8.55. The molecule has 1 aliphatic rings. The number of carbonyl (C=O) groups excluding carboxylic acids is 1. The average Bonchev–Trinajstić information content (AvgIpc) is 3.36. The molecule has 126 valence electrons. The lowest BCUT2D eigenvalue weighted by Gasteiger charge is -2.21. The number of para-hydroxylation sites is 1. The van der Waals surface area contributed by atoms with Crippen molar-refractivity contribution in [2.75, 3.05) is 11.9 Å². The molecule has 1 saturated heterocycles. The van der Waals surface area contributed by atoms with E-state index in [1.807, 2.05) is 36.4 Å². The molecule has 0 aliphatic carbocycles. The number of hydrogen-bond acceptors (Lipinski definition) is 3. The summed E-state index contributed by atoms with van der Waals surface area (Å²) in [4.78, 5) is 12.5. The maximum Gasteiger partial charge on any atom is 0.241 e. The molecule has 1 fully saturated rings. The van der Waals surface area contributed by atoms with Gasteiger partial charge in [-0.2, -0.15) is 0 Å². The van der Waals surface area contributed by atoms with Gasteiger partial charge in [0.25, 0.3) is 0 Å². The number of nitrogens with one attached hydrogen (secondary N) is 3. The van der Waals surface area contributed by atoms with Crippen LogP contribution in [0.25, 0.3) is 0 Å². The van der Waals surface area contributed by atoms with E-state index in [-0.39, 0.29) is 17.9 Å². The molecule has 0 radical (unpaired) electrons. The zero-order chi connectivity index (χ0) is 16.9. The molecule has 3 N–H and O–H groups in total. The number of carbonyl (C=O) groups is 1. The van der Waals surface area contributed by atoms with Gasteiger partial charge in [0.05, 0.1) is 6.04 Å². The zero-order valence-corrected chi connectivity index (χ0v) is 14.2. The minimum Gasteiger partial charge on any atom is -0.325 e. The number of rotatable bonds is 7. The van der Waals surface area contributed by atoms with Gasteiger partial charge in [-0.05, 0) is 23.6 Å². The normalized spacial score (nSPS) is 20.6. The maximum absolute atomic E-state index is 12.5. The fourth-order valence-electron chi connectivity index (χ4n) is 2.97. The van der Waals surface area contributed by atoms with Gasteiger partial charge < -0.3 is 16.0 Å². The van der Waals surface area contributed by atoms with E-state index in [1.165, 1.54) is 5.56 Å². The van der Waals surface area contributed by atoms with E-state index in [0.29, 0.717) is 12.1 Å². The molecule has 0 aromatic heterocycles. The molecule has 0 saturated carbocycles. The third-order valence-electron chi connectivity index (χ3n) is 4.39. The molecular weight excluding hydrogens is 298 g/mol. The quantitative estimate of drug-likeness (QED) is 0.687. The Hall–Kier alpha value is -2.17. The molecule has 3 atom stereocenters. The smallest absolute Gasteiger partial charge is 0.241 e. The van der Waals surface area contributed by atoms with Gasteiger partial charge >= 0.3 is 0 Å². The molecule has 3 unspecified atom stereocenters. The van der Waals surface area contributed by atoms with Gasteiger partial charge in [0.15, 0.2) is 0 Å². The SMILES string of the molecule is CC(C)C(NCC1NC1c1ccccc1)C(=O)Nc1ccccc1. The molecular formula is C20H25N3O. The van der Waals surface area contributed by atoms with Crippen LogP contribution in [0.1, 0.15) is 25.5 Å². The highest BCUT2D eigenvalue weighted by atomic mass is 16.2. The lowest BCUT2D eigenvalue weighted by molar-refractivity contribution is -0.119. The molecule has 3 rings (SSSR count). The summed E-state index contributed by atoms with van der Waals surface area (Å²) >= 11 is 0. The average molecular weight is 323 g/mol. The standard InChI is InChI=1S/C20H25N3O/c1-14(2)18(20(24)22-16-11-7-4-8-12-16)21-13-17-19(23-17)15-9-5-3-6-10-15/h3-12,14,17-19,21,23H,13H2,1-2H3,(H,22,24). The number of benzene rings is 2. The summed E-state index contributed by atoms with van der Waals surface area (Å²) in [5, 5.41) is 9.89. The molecule has 2 aromatic rings. The van der Waals surface area contributed by atoms with Gasteiger partial charge in [-0.1, -0.05) is 62.4 Å². The van der Waals surface area contributed by atoms with Crippen molar-refractivity contribution in [1.82, 2.24) is 10.6 Å². The molecule has 1 aliphatic heterocycles. The maximum atomic E-state index is 12.5. The van der Waals surface area contributed by atoms with Crippen molar-refractivity contribution in [3.63, 3.8) is 0 Å². The van der Waals surface area contributed by atoms with Crippen molar-refractivity contribution in [2.24, 2.45) is 5.92 Å². The fraction of sp³-hybridized carbons (Fsp3) is 0.350. The molecule has 1 heterocycles. The predicted molar refractivity (Wildman–Crippen MR) is 97.8 cm³/mol. The Balaban J connectivity index is 1.53. The number of anilines is 1. The van der Waals surface area contributed by atoms with E-state index in [1.54, 1.807) is 0 Å². The van der Waals surface area contributed by atoms with Gasteiger partial charge in [0.2, 0.25) is 5.91 Å². The van der Waals surface area contributed by atoms with Crippen molar-refractivity contribution < 1.29 is 4.79 Å². The van der Waals surface area contributed by atoms with Crippen LogP contribution < -0.4 is 16.0 Å². The molecule has 2 aromatic carbocycles. The molecule has 0 bridgehead atoms. The molecule has 1 amide bonds. The van der Waals surface area contributed by atoms with Crippen molar-refractivity contribution in [3.8, 4) is 0 Å². The first-order valence-corrected chi connectivity index (χ1v) is 8.55. The van der Waals surface area contributed by atoms with Crippen molar-refractivity contribution in [3.05, 3.63) is 66.2 Å². The van der Waals surface area contributed by atoms with Crippen LogP contribution in [-0.4, -0.2) is 24.5 Å². The Kier molecular flexibility index (Phi) is 5.28. The van der Waals surface area contributed by atoms with Crippen LogP contribution in [0.15, 0.2) is 60.7 Å². The van der Waals surface area contributed by atoms with Crippen molar-refractivity contribution in [2.45, 2.75) is 32.0 Å². The Morgan fingerprint density at radius 3 is 2.29 bits per heavy atom. The van der Waals surface area contributed by atoms with E-state index in [4.69, 9.17) is 0 Å². The second-order valence-electron chi connectivity index (χ2n) is 6.65. The highest BCUT2D eigenvalue weighted by molar-refractivity contribution is 5.95. The van der Waals surface area contributed by atoms with Crippen LogP contribution >= 0.6 is 0 Å². The Morgan fingerprint density at radius 2 is 1.67 bits per heavy atom.